The Hall–Kier alpha value is -1.06. The lowest BCUT2D eigenvalue weighted by atomic mass is 9.88. The fraction of sp³-hybridized carbons (Fsp3) is 0.833. The van der Waals surface area contributed by atoms with E-state index in [1.807, 2.05) is 20.8 Å². The normalized spacial score (nSPS) is 15.9. The van der Waals surface area contributed by atoms with Gasteiger partial charge in [-0.3, -0.25) is 9.59 Å². The summed E-state index contributed by atoms with van der Waals surface area (Å²) in [6.45, 7) is 6.18. The first-order valence-corrected chi connectivity index (χ1v) is 5.91. The van der Waals surface area contributed by atoms with E-state index in [1.165, 1.54) is 0 Å². The average Bonchev–Trinajstić information content (AvgIpc) is 3.01. The molecule has 4 heteroatoms. The maximum Gasteiger partial charge on any atom is 0.305 e. The molecule has 0 aromatic rings. The monoisotopic (exact) mass is 227 g/mol. The van der Waals surface area contributed by atoms with Gasteiger partial charge < -0.3 is 10.0 Å². The number of rotatable bonds is 6. The minimum atomic E-state index is -0.840. The van der Waals surface area contributed by atoms with Crippen LogP contribution >= 0.6 is 0 Å². The number of carbonyl (C=O) groups is 2. The van der Waals surface area contributed by atoms with Crippen LogP contribution in [0.1, 0.15) is 46.5 Å². The van der Waals surface area contributed by atoms with Gasteiger partial charge in [0.25, 0.3) is 0 Å². The van der Waals surface area contributed by atoms with Crippen LogP contribution in [0.2, 0.25) is 0 Å². The van der Waals surface area contributed by atoms with Crippen LogP contribution in [-0.4, -0.2) is 34.5 Å². The maximum absolute atomic E-state index is 12.2. The van der Waals surface area contributed by atoms with Gasteiger partial charge in [-0.15, -0.1) is 0 Å². The van der Waals surface area contributed by atoms with E-state index in [2.05, 4.69) is 0 Å². The zero-order valence-corrected chi connectivity index (χ0v) is 10.3. The van der Waals surface area contributed by atoms with E-state index in [9.17, 15) is 9.59 Å². The number of carboxylic acid groups (broad SMARTS) is 1. The summed E-state index contributed by atoms with van der Waals surface area (Å²) in [4.78, 5) is 24.5. The van der Waals surface area contributed by atoms with E-state index < -0.39 is 5.97 Å². The van der Waals surface area contributed by atoms with Gasteiger partial charge in [0.2, 0.25) is 5.91 Å². The van der Waals surface area contributed by atoms with Crippen LogP contribution in [0.3, 0.4) is 0 Å². The first-order chi connectivity index (χ1) is 7.38. The zero-order valence-electron chi connectivity index (χ0n) is 10.3. The van der Waals surface area contributed by atoms with Gasteiger partial charge in [-0.25, -0.2) is 0 Å². The SMILES string of the molecule is CCC(C)(C)C(=O)N(CCC(=O)O)C1CC1. The minimum Gasteiger partial charge on any atom is -0.481 e. The van der Waals surface area contributed by atoms with Gasteiger partial charge in [0.15, 0.2) is 0 Å². The molecule has 1 fully saturated rings. The third-order valence-corrected chi connectivity index (χ3v) is 3.28. The van der Waals surface area contributed by atoms with Gasteiger partial charge in [0.1, 0.15) is 0 Å². The van der Waals surface area contributed by atoms with Crippen molar-refractivity contribution in [2.24, 2.45) is 5.41 Å². The summed E-state index contributed by atoms with van der Waals surface area (Å²) in [5.41, 5.74) is -0.374. The molecule has 0 heterocycles. The van der Waals surface area contributed by atoms with Crippen LogP contribution in [0.15, 0.2) is 0 Å². The molecule has 1 saturated carbocycles. The Morgan fingerprint density at radius 2 is 1.94 bits per heavy atom. The quantitative estimate of drug-likeness (QED) is 0.753. The van der Waals surface area contributed by atoms with Crippen LogP contribution in [-0.2, 0) is 9.59 Å². The lowest BCUT2D eigenvalue weighted by Gasteiger charge is -2.31. The summed E-state index contributed by atoms with van der Waals surface area (Å²) >= 11 is 0. The summed E-state index contributed by atoms with van der Waals surface area (Å²) in [5, 5.41) is 8.67. The highest BCUT2D eigenvalue weighted by Crippen LogP contribution is 2.32. The summed E-state index contributed by atoms with van der Waals surface area (Å²) in [5.74, 6) is -0.744. The molecule has 92 valence electrons. The van der Waals surface area contributed by atoms with Gasteiger partial charge in [-0.1, -0.05) is 20.8 Å². The number of aliphatic carboxylic acids is 1. The standard InChI is InChI=1S/C12H21NO3/c1-4-12(2,3)11(16)13(9-5-6-9)8-7-10(14)15/h9H,4-8H2,1-3H3,(H,14,15). The summed E-state index contributed by atoms with van der Waals surface area (Å²) in [6, 6.07) is 0.290. The minimum absolute atomic E-state index is 0.0437. The lowest BCUT2D eigenvalue weighted by Crippen LogP contribution is -2.43. The molecule has 4 nitrogen and oxygen atoms in total. The van der Waals surface area contributed by atoms with Crippen molar-refractivity contribution in [3.05, 3.63) is 0 Å². The summed E-state index contributed by atoms with van der Waals surface area (Å²) in [7, 11) is 0. The Morgan fingerprint density at radius 1 is 1.38 bits per heavy atom. The highest BCUT2D eigenvalue weighted by molar-refractivity contribution is 5.83. The van der Waals surface area contributed by atoms with Crippen molar-refractivity contribution in [1.29, 1.82) is 0 Å². The number of hydrogen-bond acceptors (Lipinski definition) is 2. The van der Waals surface area contributed by atoms with Crippen LogP contribution < -0.4 is 0 Å². The zero-order chi connectivity index (χ0) is 12.3. The molecule has 1 N–H and O–H groups in total. The van der Waals surface area contributed by atoms with E-state index in [0.29, 0.717) is 6.54 Å². The molecule has 0 spiro atoms. The van der Waals surface area contributed by atoms with Gasteiger partial charge in [0.05, 0.1) is 6.42 Å². The van der Waals surface area contributed by atoms with Crippen LogP contribution in [0.5, 0.6) is 0 Å². The van der Waals surface area contributed by atoms with Crippen LogP contribution in [0, 0.1) is 5.41 Å². The molecule has 1 aliphatic rings. The van der Waals surface area contributed by atoms with Crippen molar-refractivity contribution < 1.29 is 14.7 Å². The maximum atomic E-state index is 12.2. The molecular formula is C12H21NO3. The highest BCUT2D eigenvalue weighted by Gasteiger charge is 2.38. The predicted octanol–water partition coefficient (Wildman–Crippen LogP) is 1.89. The van der Waals surface area contributed by atoms with E-state index >= 15 is 0 Å². The smallest absolute Gasteiger partial charge is 0.305 e. The first-order valence-electron chi connectivity index (χ1n) is 5.91. The summed E-state index contributed by atoms with van der Waals surface area (Å²) in [6.07, 6.45) is 2.86. The first kappa shape index (κ1) is 13.0. The van der Waals surface area contributed by atoms with E-state index in [0.717, 1.165) is 19.3 Å². The Balaban J connectivity index is 2.62. The van der Waals surface area contributed by atoms with Crippen molar-refractivity contribution in [3.8, 4) is 0 Å². The van der Waals surface area contributed by atoms with Crippen molar-refractivity contribution in [2.45, 2.75) is 52.5 Å². The molecule has 0 unspecified atom stereocenters. The number of nitrogens with zero attached hydrogens (tertiary/aromatic N) is 1. The molecule has 16 heavy (non-hydrogen) atoms. The van der Waals surface area contributed by atoms with Crippen molar-refractivity contribution in [1.82, 2.24) is 4.90 Å². The summed E-state index contributed by atoms with van der Waals surface area (Å²) < 4.78 is 0. The Morgan fingerprint density at radius 3 is 2.31 bits per heavy atom. The third-order valence-electron chi connectivity index (χ3n) is 3.28. The van der Waals surface area contributed by atoms with Gasteiger partial charge in [-0.05, 0) is 19.3 Å². The van der Waals surface area contributed by atoms with E-state index in [4.69, 9.17) is 5.11 Å². The molecular weight excluding hydrogens is 206 g/mol. The predicted molar refractivity (Wildman–Crippen MR) is 61.1 cm³/mol. The lowest BCUT2D eigenvalue weighted by molar-refractivity contribution is -0.143. The molecule has 1 amide bonds. The number of hydrogen-bond donors (Lipinski definition) is 1. The molecule has 0 aromatic heterocycles. The molecule has 0 aliphatic heterocycles. The topological polar surface area (TPSA) is 57.6 Å². The molecule has 0 saturated heterocycles. The molecule has 0 radical (unpaired) electrons. The van der Waals surface area contributed by atoms with E-state index in [1.54, 1.807) is 4.90 Å². The number of carboxylic acids is 1. The second kappa shape index (κ2) is 4.85. The molecule has 1 aliphatic carbocycles. The van der Waals surface area contributed by atoms with E-state index in [-0.39, 0.29) is 23.8 Å². The van der Waals surface area contributed by atoms with Crippen molar-refractivity contribution in [2.75, 3.05) is 6.54 Å². The molecule has 0 atom stereocenters. The van der Waals surface area contributed by atoms with Gasteiger partial charge >= 0.3 is 5.97 Å². The number of amides is 1. The Bertz CT molecular complexity index is 282. The Labute approximate surface area is 96.6 Å². The molecule has 0 bridgehead atoms. The molecule has 0 aromatic carbocycles. The second-order valence-corrected chi connectivity index (χ2v) is 5.11. The largest absolute Gasteiger partial charge is 0.481 e. The van der Waals surface area contributed by atoms with Crippen LogP contribution in [0.4, 0.5) is 0 Å². The Kier molecular flexibility index (Phi) is 3.94. The fourth-order valence-corrected chi connectivity index (χ4v) is 1.59. The van der Waals surface area contributed by atoms with Gasteiger partial charge in [-0.2, -0.15) is 0 Å². The average molecular weight is 227 g/mol. The van der Waals surface area contributed by atoms with Crippen molar-refractivity contribution >= 4 is 11.9 Å². The second-order valence-electron chi connectivity index (χ2n) is 5.11. The highest BCUT2D eigenvalue weighted by atomic mass is 16.4. The van der Waals surface area contributed by atoms with Crippen molar-refractivity contribution in [3.63, 3.8) is 0 Å². The fourth-order valence-electron chi connectivity index (χ4n) is 1.59. The van der Waals surface area contributed by atoms with Gasteiger partial charge in [0, 0.05) is 18.0 Å². The van der Waals surface area contributed by atoms with Crippen LogP contribution in [0.25, 0.3) is 0 Å². The molecule has 1 rings (SSSR count). The number of carbonyl (C=O) groups excluding carboxylic acids is 1. The third kappa shape index (κ3) is 3.22.